The van der Waals surface area contributed by atoms with Crippen molar-refractivity contribution < 1.29 is 32.3 Å². The molecular formula is C27H34N4O7S. The number of hydrogen-bond donors (Lipinski definition) is 2. The standard InChI is InChI=1S/C27H34N4O7S/c1-17(2)39(35,36)31(7)21-14-19(13-20(15-21)23(32)33)22-29-30-24(37-22)27(6,16-18-11-9-8-10-12-18)28-25(34)38-26(3,4)5/h8-15,17H,16H2,1-7H3,(H,28,34)(H,32,33)/t27-/m0/s1. The van der Waals surface area contributed by atoms with E-state index in [1.54, 1.807) is 27.7 Å². The number of carboxylic acids is 1. The number of rotatable bonds is 9. The first-order chi connectivity index (χ1) is 18.0. The molecule has 210 valence electrons. The van der Waals surface area contributed by atoms with Crippen LogP contribution in [-0.4, -0.2) is 53.7 Å². The number of amides is 1. The molecule has 39 heavy (non-hydrogen) atoms. The highest BCUT2D eigenvalue weighted by Crippen LogP contribution is 2.31. The molecule has 1 atom stereocenters. The second kappa shape index (κ2) is 11.0. The zero-order chi connectivity index (χ0) is 29.2. The molecule has 0 aliphatic carbocycles. The van der Waals surface area contributed by atoms with Gasteiger partial charge in [0, 0.05) is 19.0 Å². The molecule has 0 unspecified atom stereocenters. The Labute approximate surface area is 228 Å². The van der Waals surface area contributed by atoms with Crippen molar-refractivity contribution in [2.24, 2.45) is 0 Å². The Bertz CT molecular complexity index is 1450. The fourth-order valence-electron chi connectivity index (χ4n) is 3.77. The number of carbonyl (C=O) groups excluding carboxylic acids is 1. The van der Waals surface area contributed by atoms with Crippen molar-refractivity contribution >= 4 is 27.8 Å². The van der Waals surface area contributed by atoms with Gasteiger partial charge >= 0.3 is 12.1 Å². The SMILES string of the molecule is CC(C)S(=O)(=O)N(C)c1cc(C(=O)O)cc(-c2nnc([C@](C)(Cc3ccccc3)NC(=O)OC(C)(C)C)o2)c1. The van der Waals surface area contributed by atoms with Crippen LogP contribution in [0.3, 0.4) is 0 Å². The van der Waals surface area contributed by atoms with E-state index >= 15 is 0 Å². The lowest BCUT2D eigenvalue weighted by molar-refractivity contribution is 0.0443. The van der Waals surface area contributed by atoms with Gasteiger partial charge in [0.15, 0.2) is 0 Å². The minimum absolute atomic E-state index is 0.0463. The summed E-state index contributed by atoms with van der Waals surface area (Å²) in [7, 11) is -2.39. The van der Waals surface area contributed by atoms with Gasteiger partial charge in [-0.2, -0.15) is 0 Å². The summed E-state index contributed by atoms with van der Waals surface area (Å²) in [5, 5.41) is 20.0. The first-order valence-corrected chi connectivity index (χ1v) is 13.8. The van der Waals surface area contributed by atoms with E-state index in [1.165, 1.54) is 39.1 Å². The third-order valence-electron chi connectivity index (χ3n) is 5.83. The first-order valence-electron chi connectivity index (χ1n) is 12.3. The molecule has 1 aromatic heterocycles. The number of aromatic carboxylic acids is 1. The Balaban J connectivity index is 2.07. The number of sulfonamides is 1. The van der Waals surface area contributed by atoms with Crippen LogP contribution in [-0.2, 0) is 26.7 Å². The zero-order valence-corrected chi connectivity index (χ0v) is 23.9. The van der Waals surface area contributed by atoms with Crippen LogP contribution in [0.4, 0.5) is 10.5 Å². The molecule has 3 aromatic rings. The predicted octanol–water partition coefficient (Wildman–Crippen LogP) is 4.59. The van der Waals surface area contributed by atoms with Gasteiger partial charge in [-0.1, -0.05) is 30.3 Å². The van der Waals surface area contributed by atoms with Crippen molar-refractivity contribution in [3.05, 3.63) is 65.5 Å². The molecule has 0 radical (unpaired) electrons. The van der Waals surface area contributed by atoms with Crippen molar-refractivity contribution in [1.29, 1.82) is 0 Å². The minimum atomic E-state index is -3.74. The van der Waals surface area contributed by atoms with Crippen LogP contribution in [0.5, 0.6) is 0 Å². The average Bonchev–Trinajstić information content (AvgIpc) is 3.34. The monoisotopic (exact) mass is 558 g/mol. The van der Waals surface area contributed by atoms with Gasteiger partial charge in [-0.05, 0) is 65.3 Å². The maximum absolute atomic E-state index is 12.8. The molecule has 0 aliphatic rings. The topological polar surface area (TPSA) is 152 Å². The normalized spacial score (nSPS) is 13.5. The third kappa shape index (κ3) is 7.14. The summed E-state index contributed by atoms with van der Waals surface area (Å²) in [6.45, 7) is 10.0. The van der Waals surface area contributed by atoms with Crippen molar-refractivity contribution in [2.75, 3.05) is 11.4 Å². The molecule has 2 aromatic carbocycles. The van der Waals surface area contributed by atoms with E-state index in [4.69, 9.17) is 9.15 Å². The van der Waals surface area contributed by atoms with E-state index in [1.807, 2.05) is 30.3 Å². The Morgan fingerprint density at radius 2 is 1.72 bits per heavy atom. The second-order valence-corrected chi connectivity index (χ2v) is 13.2. The maximum Gasteiger partial charge on any atom is 0.408 e. The fraction of sp³-hybridized carbons (Fsp3) is 0.407. The molecule has 0 saturated carbocycles. The molecular weight excluding hydrogens is 524 g/mol. The summed E-state index contributed by atoms with van der Waals surface area (Å²) in [6, 6.07) is 13.4. The molecule has 1 amide bonds. The van der Waals surface area contributed by atoms with Crippen LogP contribution in [0, 0.1) is 0 Å². The van der Waals surface area contributed by atoms with E-state index in [0.717, 1.165) is 9.87 Å². The van der Waals surface area contributed by atoms with Crippen LogP contribution in [0.1, 0.15) is 63.4 Å². The van der Waals surface area contributed by atoms with Crippen molar-refractivity contribution in [3.8, 4) is 11.5 Å². The number of benzene rings is 2. The second-order valence-electron chi connectivity index (χ2n) is 10.7. The Morgan fingerprint density at radius 1 is 1.08 bits per heavy atom. The molecule has 0 aliphatic heterocycles. The molecule has 11 nitrogen and oxygen atoms in total. The van der Waals surface area contributed by atoms with Crippen LogP contribution in [0.15, 0.2) is 52.9 Å². The lowest BCUT2D eigenvalue weighted by Gasteiger charge is -2.29. The van der Waals surface area contributed by atoms with E-state index < -0.39 is 38.5 Å². The molecule has 0 spiro atoms. The lowest BCUT2D eigenvalue weighted by atomic mass is 9.92. The average molecular weight is 559 g/mol. The summed E-state index contributed by atoms with van der Waals surface area (Å²) < 4.78 is 38.0. The Hall–Kier alpha value is -3.93. The summed E-state index contributed by atoms with van der Waals surface area (Å²) in [6.07, 6.45) is -0.402. The van der Waals surface area contributed by atoms with Gasteiger partial charge < -0.3 is 19.6 Å². The van der Waals surface area contributed by atoms with E-state index in [2.05, 4.69) is 15.5 Å². The van der Waals surface area contributed by atoms with E-state index in [-0.39, 0.29) is 35.0 Å². The summed E-state index contributed by atoms with van der Waals surface area (Å²) in [5.74, 6) is -1.25. The van der Waals surface area contributed by atoms with Gasteiger partial charge in [0.1, 0.15) is 11.1 Å². The minimum Gasteiger partial charge on any atom is -0.478 e. The molecule has 2 N–H and O–H groups in total. The number of hydrogen-bond acceptors (Lipinski definition) is 8. The van der Waals surface area contributed by atoms with Crippen LogP contribution >= 0.6 is 0 Å². The van der Waals surface area contributed by atoms with Crippen molar-refractivity contribution in [3.63, 3.8) is 0 Å². The van der Waals surface area contributed by atoms with Gasteiger partial charge in [0.2, 0.25) is 21.8 Å². The summed E-state index contributed by atoms with van der Waals surface area (Å²) >= 11 is 0. The number of carbonyl (C=O) groups is 2. The number of aromatic nitrogens is 2. The molecule has 1 heterocycles. The number of nitrogens with zero attached hydrogens (tertiary/aromatic N) is 3. The van der Waals surface area contributed by atoms with Gasteiger partial charge in [-0.25, -0.2) is 18.0 Å². The molecule has 12 heteroatoms. The molecule has 0 bridgehead atoms. The quantitative estimate of drug-likeness (QED) is 0.384. The highest BCUT2D eigenvalue weighted by molar-refractivity contribution is 7.93. The Morgan fingerprint density at radius 3 is 2.28 bits per heavy atom. The van der Waals surface area contributed by atoms with Gasteiger partial charge in [-0.3, -0.25) is 4.31 Å². The number of carboxylic acid groups (broad SMARTS) is 1. The third-order valence-corrected chi connectivity index (χ3v) is 7.99. The van der Waals surface area contributed by atoms with Crippen LogP contribution in [0.2, 0.25) is 0 Å². The maximum atomic E-state index is 12.8. The molecule has 3 rings (SSSR count). The number of ether oxygens (including phenoxy) is 1. The molecule has 0 saturated heterocycles. The highest BCUT2D eigenvalue weighted by atomic mass is 32.2. The van der Waals surface area contributed by atoms with Gasteiger partial charge in [0.05, 0.1) is 16.5 Å². The van der Waals surface area contributed by atoms with Gasteiger partial charge in [0.25, 0.3) is 0 Å². The smallest absolute Gasteiger partial charge is 0.408 e. The molecule has 0 fully saturated rings. The largest absolute Gasteiger partial charge is 0.478 e. The first kappa shape index (κ1) is 29.6. The van der Waals surface area contributed by atoms with Crippen molar-refractivity contribution in [2.45, 2.75) is 64.4 Å². The van der Waals surface area contributed by atoms with E-state index in [9.17, 15) is 23.1 Å². The summed E-state index contributed by atoms with van der Waals surface area (Å²) in [4.78, 5) is 24.6. The van der Waals surface area contributed by atoms with Crippen molar-refractivity contribution in [1.82, 2.24) is 15.5 Å². The number of alkyl carbamates (subject to hydrolysis) is 1. The Kier molecular flexibility index (Phi) is 8.39. The lowest BCUT2D eigenvalue weighted by Crippen LogP contribution is -2.47. The predicted molar refractivity (Wildman–Crippen MR) is 146 cm³/mol. The van der Waals surface area contributed by atoms with Gasteiger partial charge in [-0.15, -0.1) is 10.2 Å². The zero-order valence-electron chi connectivity index (χ0n) is 23.0. The highest BCUT2D eigenvalue weighted by Gasteiger charge is 2.37. The van der Waals surface area contributed by atoms with Crippen LogP contribution < -0.4 is 9.62 Å². The van der Waals surface area contributed by atoms with E-state index in [0.29, 0.717) is 0 Å². The fourth-order valence-corrected chi connectivity index (χ4v) is 4.80. The number of anilines is 1. The number of nitrogens with one attached hydrogen (secondary N) is 1. The van der Waals surface area contributed by atoms with Crippen LogP contribution in [0.25, 0.3) is 11.5 Å². The summed E-state index contributed by atoms with van der Waals surface area (Å²) in [5.41, 5.74) is -0.891.